The molecule has 2 fully saturated rings. The number of aliphatic hydroxyl groups is 1. The number of amides is 2. The molecule has 11 nitrogen and oxygen atoms in total. The maximum absolute atomic E-state index is 14.2. The zero-order chi connectivity index (χ0) is 29.9. The van der Waals surface area contributed by atoms with Crippen LogP contribution in [0.3, 0.4) is 0 Å². The van der Waals surface area contributed by atoms with Crippen LogP contribution in [0.15, 0.2) is 85.5 Å². The third kappa shape index (κ3) is 5.93. The molecule has 0 bridgehead atoms. The molecule has 6 rings (SSSR count). The molecule has 3 aliphatic rings. The number of aromatic hydroxyl groups is 1. The van der Waals surface area contributed by atoms with Crippen LogP contribution >= 0.6 is 0 Å². The summed E-state index contributed by atoms with van der Waals surface area (Å²) in [5, 5.41) is 28.1. The molecule has 0 radical (unpaired) electrons. The minimum atomic E-state index is -1.16. The van der Waals surface area contributed by atoms with Gasteiger partial charge in [0.1, 0.15) is 18.0 Å². The fraction of sp³-hybridized carbons (Fsp3) is 0.312. The van der Waals surface area contributed by atoms with E-state index in [1.54, 1.807) is 50.2 Å². The molecule has 0 aliphatic carbocycles. The van der Waals surface area contributed by atoms with Gasteiger partial charge >= 0.3 is 0 Å². The zero-order valence-electron chi connectivity index (χ0n) is 23.7. The molecular formula is C32H35N5O6. The van der Waals surface area contributed by atoms with Crippen LogP contribution < -0.4 is 14.8 Å². The van der Waals surface area contributed by atoms with Crippen molar-refractivity contribution in [1.29, 1.82) is 0 Å². The fourth-order valence-electron chi connectivity index (χ4n) is 6.00. The highest BCUT2D eigenvalue weighted by molar-refractivity contribution is 5.90. The maximum atomic E-state index is 14.2. The summed E-state index contributed by atoms with van der Waals surface area (Å²) in [6, 6.07) is 21.1. The Labute approximate surface area is 250 Å². The van der Waals surface area contributed by atoms with E-state index < -0.39 is 18.6 Å². The van der Waals surface area contributed by atoms with E-state index in [-0.39, 0.29) is 50.4 Å². The highest BCUT2D eigenvalue weighted by Crippen LogP contribution is 2.37. The van der Waals surface area contributed by atoms with Crippen LogP contribution in [0.5, 0.6) is 17.2 Å². The Hall–Kier alpha value is -4.42. The first-order chi connectivity index (χ1) is 20.9. The summed E-state index contributed by atoms with van der Waals surface area (Å²) in [6.07, 6.45) is 0.0909. The first kappa shape index (κ1) is 28.7. The van der Waals surface area contributed by atoms with Crippen LogP contribution in [0, 0.1) is 0 Å². The van der Waals surface area contributed by atoms with E-state index in [4.69, 9.17) is 9.47 Å². The van der Waals surface area contributed by atoms with Crippen LogP contribution in [-0.4, -0.2) is 86.8 Å². The number of benzene rings is 3. The van der Waals surface area contributed by atoms with Crippen molar-refractivity contribution in [2.45, 2.75) is 38.1 Å². The van der Waals surface area contributed by atoms with Gasteiger partial charge in [-0.3, -0.25) is 14.9 Å². The first-order valence-electron chi connectivity index (χ1n) is 14.3. The Morgan fingerprint density at radius 2 is 1.79 bits per heavy atom. The SMILES string of the molecule is C=CCN1CC(=O)N2[C@@H](Cc3ccc(O)cc3)C(=O)N(Cc3cccc4c3OCO4)C[C@@H]2N1C(O)NCc1ccccc1. The number of hydrazine groups is 1. The number of para-hydroxylation sites is 1. The van der Waals surface area contributed by atoms with Crippen LogP contribution in [0.25, 0.3) is 0 Å². The lowest BCUT2D eigenvalue weighted by Crippen LogP contribution is -2.77. The molecule has 2 saturated heterocycles. The minimum Gasteiger partial charge on any atom is -0.508 e. The molecule has 2 amide bonds. The molecule has 3 heterocycles. The van der Waals surface area contributed by atoms with E-state index in [0.29, 0.717) is 24.6 Å². The number of rotatable bonds is 10. The molecule has 3 atom stereocenters. The van der Waals surface area contributed by atoms with E-state index in [0.717, 1.165) is 16.7 Å². The van der Waals surface area contributed by atoms with Gasteiger partial charge in [-0.2, -0.15) is 5.01 Å². The Balaban J connectivity index is 1.35. The Kier molecular flexibility index (Phi) is 8.30. The average molecular weight is 586 g/mol. The number of carbonyl (C=O) groups is 2. The average Bonchev–Trinajstić information content (AvgIpc) is 3.50. The molecule has 0 spiro atoms. The molecule has 11 heteroatoms. The molecule has 224 valence electrons. The second kappa shape index (κ2) is 12.4. The Bertz CT molecular complexity index is 1470. The zero-order valence-corrected chi connectivity index (χ0v) is 23.7. The van der Waals surface area contributed by atoms with Crippen molar-refractivity contribution < 1.29 is 29.3 Å². The van der Waals surface area contributed by atoms with Crippen LogP contribution in [0.4, 0.5) is 0 Å². The Morgan fingerprint density at radius 1 is 1.00 bits per heavy atom. The number of nitrogens with one attached hydrogen (secondary N) is 1. The van der Waals surface area contributed by atoms with E-state index in [1.165, 1.54) is 0 Å². The van der Waals surface area contributed by atoms with Gasteiger partial charge in [0, 0.05) is 31.6 Å². The number of phenolic OH excluding ortho intramolecular Hbond substituents is 1. The molecule has 3 aromatic carbocycles. The van der Waals surface area contributed by atoms with Gasteiger partial charge in [-0.05, 0) is 29.3 Å². The van der Waals surface area contributed by atoms with Crippen molar-refractivity contribution in [3.63, 3.8) is 0 Å². The predicted molar refractivity (Wildman–Crippen MR) is 157 cm³/mol. The summed E-state index contributed by atoms with van der Waals surface area (Å²) >= 11 is 0. The van der Waals surface area contributed by atoms with Crippen molar-refractivity contribution in [3.8, 4) is 17.2 Å². The van der Waals surface area contributed by atoms with Gasteiger partial charge in [0.05, 0.1) is 13.1 Å². The van der Waals surface area contributed by atoms with Gasteiger partial charge in [0.15, 0.2) is 17.9 Å². The van der Waals surface area contributed by atoms with Crippen LogP contribution in [0.2, 0.25) is 0 Å². The molecule has 0 saturated carbocycles. The maximum Gasteiger partial charge on any atom is 0.246 e. The molecule has 3 N–H and O–H groups in total. The summed E-state index contributed by atoms with van der Waals surface area (Å²) in [5.74, 6) is 0.912. The number of carbonyl (C=O) groups excluding carboxylic acids is 2. The van der Waals surface area contributed by atoms with Gasteiger partial charge < -0.3 is 29.5 Å². The third-order valence-electron chi connectivity index (χ3n) is 8.00. The lowest BCUT2D eigenvalue weighted by molar-refractivity contribution is -0.245. The highest BCUT2D eigenvalue weighted by atomic mass is 16.7. The van der Waals surface area contributed by atoms with Crippen molar-refractivity contribution in [2.24, 2.45) is 0 Å². The lowest BCUT2D eigenvalue weighted by Gasteiger charge is -2.56. The summed E-state index contributed by atoms with van der Waals surface area (Å²) < 4.78 is 11.3. The number of aliphatic hydroxyl groups excluding tert-OH is 1. The topological polar surface area (TPSA) is 118 Å². The monoisotopic (exact) mass is 585 g/mol. The van der Waals surface area contributed by atoms with Crippen LogP contribution in [-0.2, 0) is 29.1 Å². The predicted octanol–water partition coefficient (Wildman–Crippen LogP) is 2.01. The molecule has 1 unspecified atom stereocenters. The summed E-state index contributed by atoms with van der Waals surface area (Å²) in [5.41, 5.74) is 2.58. The fourth-order valence-corrected chi connectivity index (χ4v) is 6.00. The quantitative estimate of drug-likeness (QED) is 0.243. The number of fused-ring (bicyclic) bond motifs is 2. The smallest absolute Gasteiger partial charge is 0.246 e. The van der Waals surface area contributed by atoms with E-state index in [9.17, 15) is 19.8 Å². The second-order valence-electron chi connectivity index (χ2n) is 10.8. The van der Waals surface area contributed by atoms with E-state index in [2.05, 4.69) is 11.9 Å². The number of piperazine rings is 1. The molecule has 3 aliphatic heterocycles. The van der Waals surface area contributed by atoms with E-state index in [1.807, 2.05) is 48.5 Å². The molecule has 3 aromatic rings. The molecule has 0 aromatic heterocycles. The molecular weight excluding hydrogens is 550 g/mol. The number of hydrogen-bond acceptors (Lipinski definition) is 9. The third-order valence-corrected chi connectivity index (χ3v) is 8.00. The summed E-state index contributed by atoms with van der Waals surface area (Å²) in [6.45, 7) is 5.06. The number of ether oxygens (including phenoxy) is 2. The molecule has 43 heavy (non-hydrogen) atoms. The second-order valence-corrected chi connectivity index (χ2v) is 10.8. The number of hydrogen-bond donors (Lipinski definition) is 3. The summed E-state index contributed by atoms with van der Waals surface area (Å²) in [4.78, 5) is 31.3. The van der Waals surface area contributed by atoms with Gasteiger partial charge in [0.2, 0.25) is 18.6 Å². The number of nitrogens with zero attached hydrogens (tertiary/aromatic N) is 4. The van der Waals surface area contributed by atoms with Crippen molar-refractivity contribution >= 4 is 11.8 Å². The van der Waals surface area contributed by atoms with Crippen molar-refractivity contribution in [1.82, 2.24) is 25.1 Å². The van der Waals surface area contributed by atoms with Gasteiger partial charge in [0.25, 0.3) is 0 Å². The normalized spacial score (nSPS) is 21.1. The first-order valence-corrected chi connectivity index (χ1v) is 14.3. The van der Waals surface area contributed by atoms with Crippen molar-refractivity contribution in [2.75, 3.05) is 26.4 Å². The standard InChI is InChI=1S/C32H35N5O6/c1-2-15-35-20-29(39)36-26(16-22-11-13-25(38)14-12-22)31(40)34(18-24-9-6-10-27-30(24)43-21-42-27)19-28(36)37(35)32(41)33-17-23-7-4-3-5-8-23/h2-14,26,28,32-33,38,41H,1,15-21H2/t26-,28-,32?/m0/s1. The lowest BCUT2D eigenvalue weighted by atomic mass is 9.98. The largest absolute Gasteiger partial charge is 0.508 e. The van der Waals surface area contributed by atoms with E-state index >= 15 is 0 Å². The Morgan fingerprint density at radius 3 is 2.56 bits per heavy atom. The van der Waals surface area contributed by atoms with Gasteiger partial charge in [-0.1, -0.05) is 60.7 Å². The van der Waals surface area contributed by atoms with Crippen molar-refractivity contribution in [3.05, 3.63) is 102 Å². The van der Waals surface area contributed by atoms with Crippen LogP contribution in [0.1, 0.15) is 16.7 Å². The summed E-state index contributed by atoms with van der Waals surface area (Å²) in [7, 11) is 0. The number of phenols is 1. The van der Waals surface area contributed by atoms with Gasteiger partial charge in [-0.25, -0.2) is 5.01 Å². The highest BCUT2D eigenvalue weighted by Gasteiger charge is 2.51. The minimum absolute atomic E-state index is 0.0245. The van der Waals surface area contributed by atoms with Gasteiger partial charge in [-0.15, -0.1) is 6.58 Å².